The van der Waals surface area contributed by atoms with Crippen LogP contribution < -0.4 is 0 Å². The molecule has 2 aromatic rings. The Morgan fingerprint density at radius 1 is 1.31 bits per heavy atom. The summed E-state index contributed by atoms with van der Waals surface area (Å²) in [6.07, 6.45) is 1.16. The predicted molar refractivity (Wildman–Crippen MR) is 58.3 cm³/mol. The maximum atomic E-state index is 10.6. The molecule has 16 heavy (non-hydrogen) atoms. The first-order valence-electron chi connectivity index (χ1n) is 4.19. The summed E-state index contributed by atoms with van der Waals surface area (Å²) in [7, 11) is 0. The van der Waals surface area contributed by atoms with Gasteiger partial charge in [0, 0.05) is 0 Å². The highest BCUT2D eigenvalue weighted by atomic mass is 35.5. The van der Waals surface area contributed by atoms with Gasteiger partial charge in [0.2, 0.25) is 0 Å². The van der Waals surface area contributed by atoms with Crippen molar-refractivity contribution in [3.63, 3.8) is 0 Å². The highest BCUT2D eigenvalue weighted by Crippen LogP contribution is 2.23. The van der Waals surface area contributed by atoms with Crippen LogP contribution in [0.2, 0.25) is 10.0 Å². The number of carbonyl (C=O) groups is 1. The number of aromatic nitrogens is 3. The number of benzene rings is 1. The molecule has 0 spiro atoms. The van der Waals surface area contributed by atoms with Crippen LogP contribution in [0, 0.1) is 0 Å². The molecular weight excluding hydrogens is 253 g/mol. The number of nitrogens with zero attached hydrogens (tertiary/aromatic N) is 3. The topological polar surface area (TPSA) is 68.0 Å². The molecule has 0 aliphatic rings. The second-order valence-electron chi connectivity index (χ2n) is 2.92. The van der Waals surface area contributed by atoms with Crippen LogP contribution >= 0.6 is 23.2 Å². The molecule has 5 nitrogen and oxygen atoms in total. The van der Waals surface area contributed by atoms with Gasteiger partial charge in [0.25, 0.3) is 0 Å². The van der Waals surface area contributed by atoms with Gasteiger partial charge in [0.05, 0.1) is 21.9 Å². The fourth-order valence-electron chi connectivity index (χ4n) is 1.09. The lowest BCUT2D eigenvalue weighted by Crippen LogP contribution is -2.02. The molecule has 0 aliphatic heterocycles. The summed E-state index contributed by atoms with van der Waals surface area (Å²) in [6.45, 7) is 0. The van der Waals surface area contributed by atoms with Crippen LogP contribution in [0.25, 0.3) is 5.69 Å². The zero-order valence-electron chi connectivity index (χ0n) is 7.76. The van der Waals surface area contributed by atoms with E-state index in [4.69, 9.17) is 28.3 Å². The number of hydrogen-bond donors (Lipinski definition) is 1. The molecule has 7 heteroatoms. The minimum Gasteiger partial charge on any atom is -0.476 e. The van der Waals surface area contributed by atoms with E-state index in [2.05, 4.69) is 10.2 Å². The SMILES string of the molecule is O=C(O)c1cnn(-c2ccc(Cl)c(Cl)c2)n1. The van der Waals surface area contributed by atoms with Gasteiger partial charge < -0.3 is 5.11 Å². The third-order valence-electron chi connectivity index (χ3n) is 1.85. The van der Waals surface area contributed by atoms with Crippen molar-refractivity contribution in [1.29, 1.82) is 0 Å². The van der Waals surface area contributed by atoms with Gasteiger partial charge in [-0.3, -0.25) is 0 Å². The summed E-state index contributed by atoms with van der Waals surface area (Å²) in [4.78, 5) is 11.8. The summed E-state index contributed by atoms with van der Waals surface area (Å²) in [5.74, 6) is -1.13. The molecule has 2 rings (SSSR count). The molecule has 0 bridgehead atoms. The zero-order valence-corrected chi connectivity index (χ0v) is 9.27. The second kappa shape index (κ2) is 4.11. The van der Waals surface area contributed by atoms with Gasteiger partial charge >= 0.3 is 5.97 Å². The van der Waals surface area contributed by atoms with E-state index in [9.17, 15) is 4.79 Å². The van der Waals surface area contributed by atoms with Gasteiger partial charge in [-0.2, -0.15) is 9.90 Å². The van der Waals surface area contributed by atoms with Gasteiger partial charge in [0.15, 0.2) is 5.69 Å². The first kappa shape index (κ1) is 10.9. The molecule has 1 N–H and O–H groups in total. The number of rotatable bonds is 2. The highest BCUT2D eigenvalue weighted by Gasteiger charge is 2.09. The van der Waals surface area contributed by atoms with Crippen molar-refractivity contribution in [1.82, 2.24) is 15.0 Å². The van der Waals surface area contributed by atoms with Crippen LogP contribution in [0.15, 0.2) is 24.4 Å². The lowest BCUT2D eigenvalue weighted by molar-refractivity contribution is 0.0690. The monoisotopic (exact) mass is 257 g/mol. The average molecular weight is 258 g/mol. The van der Waals surface area contributed by atoms with E-state index in [1.165, 1.54) is 4.80 Å². The van der Waals surface area contributed by atoms with E-state index in [0.29, 0.717) is 15.7 Å². The van der Waals surface area contributed by atoms with E-state index in [1.54, 1.807) is 18.2 Å². The lowest BCUT2D eigenvalue weighted by atomic mass is 10.3. The third kappa shape index (κ3) is 2.00. The van der Waals surface area contributed by atoms with Gasteiger partial charge in [0.1, 0.15) is 0 Å². The van der Waals surface area contributed by atoms with Crippen LogP contribution in [0.5, 0.6) is 0 Å². The first-order valence-corrected chi connectivity index (χ1v) is 4.94. The molecule has 1 aromatic carbocycles. The number of hydrogen-bond acceptors (Lipinski definition) is 3. The van der Waals surface area contributed by atoms with Crippen molar-refractivity contribution >= 4 is 29.2 Å². The Labute approximate surface area is 100 Å². The van der Waals surface area contributed by atoms with Crippen LogP contribution in [-0.4, -0.2) is 26.1 Å². The summed E-state index contributed by atoms with van der Waals surface area (Å²) in [6, 6.07) is 4.78. The van der Waals surface area contributed by atoms with Gasteiger partial charge in [-0.15, -0.1) is 5.10 Å². The summed E-state index contributed by atoms with van der Waals surface area (Å²) < 4.78 is 0. The average Bonchev–Trinajstić information content (AvgIpc) is 2.71. The fourth-order valence-corrected chi connectivity index (χ4v) is 1.39. The Hall–Kier alpha value is -1.59. The number of carboxylic acids is 1. The van der Waals surface area contributed by atoms with Crippen LogP contribution in [0.3, 0.4) is 0 Å². The third-order valence-corrected chi connectivity index (χ3v) is 2.58. The van der Waals surface area contributed by atoms with Crippen molar-refractivity contribution < 1.29 is 9.90 Å². The Kier molecular flexibility index (Phi) is 2.80. The Morgan fingerprint density at radius 2 is 2.06 bits per heavy atom. The highest BCUT2D eigenvalue weighted by molar-refractivity contribution is 6.42. The molecule has 1 heterocycles. The standard InChI is InChI=1S/C9H5Cl2N3O2/c10-6-2-1-5(3-7(6)11)14-12-4-8(13-14)9(15)16/h1-4H,(H,15,16). The molecule has 0 saturated carbocycles. The Morgan fingerprint density at radius 3 is 2.62 bits per heavy atom. The van der Waals surface area contributed by atoms with Crippen molar-refractivity contribution in [3.8, 4) is 5.69 Å². The minimum absolute atomic E-state index is 0.133. The summed E-state index contributed by atoms with van der Waals surface area (Å²) >= 11 is 11.6. The summed E-state index contributed by atoms with van der Waals surface area (Å²) in [5, 5.41) is 17.0. The van der Waals surface area contributed by atoms with Crippen LogP contribution in [0.1, 0.15) is 10.5 Å². The molecule has 0 radical (unpaired) electrons. The van der Waals surface area contributed by atoms with E-state index in [-0.39, 0.29) is 5.69 Å². The normalized spacial score (nSPS) is 10.4. The van der Waals surface area contributed by atoms with Crippen LogP contribution in [-0.2, 0) is 0 Å². The Balaban J connectivity index is 2.42. The molecule has 82 valence electrons. The molecule has 0 aliphatic carbocycles. The smallest absolute Gasteiger partial charge is 0.358 e. The van der Waals surface area contributed by atoms with E-state index in [0.717, 1.165) is 6.20 Å². The molecular formula is C9H5Cl2N3O2. The zero-order chi connectivity index (χ0) is 11.7. The first-order chi connectivity index (χ1) is 7.58. The van der Waals surface area contributed by atoms with E-state index >= 15 is 0 Å². The van der Waals surface area contributed by atoms with E-state index < -0.39 is 5.97 Å². The van der Waals surface area contributed by atoms with Gasteiger partial charge in [-0.05, 0) is 18.2 Å². The molecule has 0 fully saturated rings. The fraction of sp³-hybridized carbons (Fsp3) is 0. The summed E-state index contributed by atoms with van der Waals surface area (Å²) in [5.41, 5.74) is 0.410. The maximum Gasteiger partial charge on any atom is 0.358 e. The predicted octanol–water partition coefficient (Wildman–Crippen LogP) is 2.27. The second-order valence-corrected chi connectivity index (χ2v) is 3.74. The number of carboxylic acid groups (broad SMARTS) is 1. The molecule has 0 unspecified atom stereocenters. The van der Waals surface area contributed by atoms with E-state index in [1.807, 2.05) is 0 Å². The maximum absolute atomic E-state index is 10.6. The van der Waals surface area contributed by atoms with Gasteiger partial charge in [-0.25, -0.2) is 4.79 Å². The number of aromatic carboxylic acids is 1. The molecule has 0 saturated heterocycles. The minimum atomic E-state index is -1.13. The van der Waals surface area contributed by atoms with Gasteiger partial charge in [-0.1, -0.05) is 23.2 Å². The van der Waals surface area contributed by atoms with Crippen LogP contribution in [0.4, 0.5) is 0 Å². The van der Waals surface area contributed by atoms with Crippen molar-refractivity contribution in [2.45, 2.75) is 0 Å². The number of halogens is 2. The molecule has 0 amide bonds. The molecule has 0 atom stereocenters. The lowest BCUT2D eigenvalue weighted by Gasteiger charge is -2.00. The quantitative estimate of drug-likeness (QED) is 0.897. The largest absolute Gasteiger partial charge is 0.476 e. The molecule has 1 aromatic heterocycles. The Bertz CT molecular complexity index is 553. The van der Waals surface area contributed by atoms with Crippen molar-refractivity contribution in [3.05, 3.63) is 40.1 Å². The van der Waals surface area contributed by atoms with Crippen molar-refractivity contribution in [2.24, 2.45) is 0 Å². The van der Waals surface area contributed by atoms with Crippen molar-refractivity contribution in [2.75, 3.05) is 0 Å².